The molecule has 2 aliphatic heterocycles. The van der Waals surface area contributed by atoms with E-state index in [-0.39, 0.29) is 55.2 Å². The van der Waals surface area contributed by atoms with Gasteiger partial charge in [-0.2, -0.15) is 5.10 Å². The van der Waals surface area contributed by atoms with E-state index in [1.807, 2.05) is 25.2 Å². The molecule has 2 saturated heterocycles. The standard InChI is InChI=1S/C19H25N5O3.2ClH/c1-24-16-8-12(21-15-6-7-20-9-11(15)10-25)2-3-13(16)18(23-24)14-4-5-17(26)22-19(14)27;;/h2-3,8,11,14-15,20-21,25H,4-7,9-10H2,1H3,(H,22,26,27);2*1H/t11-,14?,15-;;/m0../s1. The molecule has 8 nitrogen and oxygen atoms in total. The van der Waals surface area contributed by atoms with Crippen molar-refractivity contribution >= 4 is 53.2 Å². The number of amides is 2. The van der Waals surface area contributed by atoms with Crippen LogP contribution in [0.4, 0.5) is 5.69 Å². The first-order valence-corrected chi connectivity index (χ1v) is 9.45. The van der Waals surface area contributed by atoms with Crippen LogP contribution in [0, 0.1) is 5.92 Å². The highest BCUT2D eigenvalue weighted by atomic mass is 35.5. The monoisotopic (exact) mass is 443 g/mol. The maximum Gasteiger partial charge on any atom is 0.235 e. The lowest BCUT2D eigenvalue weighted by Gasteiger charge is -2.32. The number of hydrogen-bond acceptors (Lipinski definition) is 6. The predicted molar refractivity (Wildman–Crippen MR) is 116 cm³/mol. The number of piperidine rings is 2. The Kier molecular flexibility index (Phi) is 7.87. The van der Waals surface area contributed by atoms with E-state index in [1.54, 1.807) is 4.68 Å². The molecule has 29 heavy (non-hydrogen) atoms. The van der Waals surface area contributed by atoms with Gasteiger partial charge in [0.1, 0.15) is 0 Å². The van der Waals surface area contributed by atoms with Crippen LogP contribution in [0.5, 0.6) is 0 Å². The van der Waals surface area contributed by atoms with Crippen LogP contribution in [0.2, 0.25) is 0 Å². The molecule has 1 aromatic carbocycles. The van der Waals surface area contributed by atoms with E-state index in [1.165, 1.54) is 0 Å². The third kappa shape index (κ3) is 4.66. The fourth-order valence-electron chi connectivity index (χ4n) is 4.11. The first kappa shape index (κ1) is 23.4. The molecule has 2 aromatic rings. The number of benzene rings is 1. The van der Waals surface area contributed by atoms with Crippen molar-refractivity contribution in [2.24, 2.45) is 13.0 Å². The number of hydrogen-bond donors (Lipinski definition) is 4. The van der Waals surface area contributed by atoms with Crippen molar-refractivity contribution in [2.45, 2.75) is 31.2 Å². The van der Waals surface area contributed by atoms with Crippen LogP contribution in [-0.4, -0.2) is 52.4 Å². The lowest BCUT2D eigenvalue weighted by molar-refractivity contribution is -0.134. The minimum Gasteiger partial charge on any atom is -0.396 e. The number of nitrogens with one attached hydrogen (secondary N) is 3. The van der Waals surface area contributed by atoms with Crippen molar-refractivity contribution in [3.8, 4) is 0 Å². The number of aryl methyl sites for hydroxylation is 1. The number of aliphatic hydroxyl groups is 1. The maximum absolute atomic E-state index is 12.2. The molecule has 0 spiro atoms. The van der Waals surface area contributed by atoms with Gasteiger partial charge in [-0.15, -0.1) is 24.8 Å². The highest BCUT2D eigenvalue weighted by Crippen LogP contribution is 2.32. The van der Waals surface area contributed by atoms with Crippen molar-refractivity contribution in [2.75, 3.05) is 25.0 Å². The fraction of sp³-hybridized carbons (Fsp3) is 0.526. The van der Waals surface area contributed by atoms with Crippen molar-refractivity contribution in [1.82, 2.24) is 20.4 Å². The van der Waals surface area contributed by atoms with Gasteiger partial charge < -0.3 is 15.7 Å². The second kappa shape index (κ2) is 9.75. The zero-order valence-electron chi connectivity index (χ0n) is 16.2. The summed E-state index contributed by atoms with van der Waals surface area (Å²) in [5.41, 5.74) is 2.64. The third-order valence-corrected chi connectivity index (χ3v) is 5.64. The first-order chi connectivity index (χ1) is 13.1. The van der Waals surface area contributed by atoms with Crippen LogP contribution < -0.4 is 16.0 Å². The number of anilines is 1. The molecule has 160 valence electrons. The van der Waals surface area contributed by atoms with E-state index >= 15 is 0 Å². The smallest absolute Gasteiger partial charge is 0.235 e. The number of aliphatic hydroxyl groups excluding tert-OH is 1. The summed E-state index contributed by atoms with van der Waals surface area (Å²) in [5.74, 6) is -0.703. The summed E-state index contributed by atoms with van der Waals surface area (Å²) < 4.78 is 1.78. The van der Waals surface area contributed by atoms with Gasteiger partial charge in [0.05, 0.1) is 17.1 Å². The lowest BCUT2D eigenvalue weighted by atomic mass is 9.92. The average Bonchev–Trinajstić information content (AvgIpc) is 2.98. The van der Waals surface area contributed by atoms with E-state index in [0.717, 1.165) is 41.8 Å². The zero-order valence-corrected chi connectivity index (χ0v) is 17.8. The summed E-state index contributed by atoms with van der Waals surface area (Å²) in [5, 5.41) is 24.4. The van der Waals surface area contributed by atoms with Gasteiger partial charge in [-0.1, -0.05) is 0 Å². The maximum atomic E-state index is 12.2. The molecule has 1 unspecified atom stereocenters. The first-order valence-electron chi connectivity index (χ1n) is 9.45. The Labute approximate surface area is 181 Å². The molecule has 0 bridgehead atoms. The van der Waals surface area contributed by atoms with Crippen molar-refractivity contribution in [1.29, 1.82) is 0 Å². The van der Waals surface area contributed by atoms with Crippen LogP contribution in [-0.2, 0) is 16.6 Å². The topological polar surface area (TPSA) is 108 Å². The quantitative estimate of drug-likeness (QED) is 0.530. The van der Waals surface area contributed by atoms with E-state index in [9.17, 15) is 14.7 Å². The van der Waals surface area contributed by atoms with Crippen LogP contribution in [0.1, 0.15) is 30.9 Å². The number of imide groups is 1. The van der Waals surface area contributed by atoms with Gasteiger partial charge in [-0.05, 0) is 37.6 Å². The van der Waals surface area contributed by atoms with Crippen molar-refractivity contribution in [3.63, 3.8) is 0 Å². The number of carbonyl (C=O) groups is 2. The Balaban J connectivity index is 0.00000150. The second-order valence-electron chi connectivity index (χ2n) is 7.43. The Morgan fingerprint density at radius 2 is 2.07 bits per heavy atom. The molecule has 0 saturated carbocycles. The molecule has 2 amide bonds. The minimum atomic E-state index is -0.395. The summed E-state index contributed by atoms with van der Waals surface area (Å²) in [6.07, 6.45) is 1.78. The highest BCUT2D eigenvalue weighted by molar-refractivity contribution is 6.02. The van der Waals surface area contributed by atoms with Gasteiger partial charge >= 0.3 is 0 Å². The summed E-state index contributed by atoms with van der Waals surface area (Å²) in [7, 11) is 1.86. The molecule has 0 radical (unpaired) electrons. The fourth-order valence-corrected chi connectivity index (χ4v) is 4.11. The number of carbonyl (C=O) groups excluding carboxylic acids is 2. The van der Waals surface area contributed by atoms with Gasteiger partial charge in [-0.25, -0.2) is 0 Å². The Hall–Kier alpha value is -1.87. The summed E-state index contributed by atoms with van der Waals surface area (Å²) in [4.78, 5) is 23.6. The van der Waals surface area contributed by atoms with Gasteiger partial charge in [0, 0.05) is 49.7 Å². The molecule has 4 N–H and O–H groups in total. The molecule has 10 heteroatoms. The summed E-state index contributed by atoms with van der Waals surface area (Å²) in [6, 6.07) is 6.24. The third-order valence-electron chi connectivity index (χ3n) is 5.64. The van der Waals surface area contributed by atoms with Gasteiger partial charge in [0.15, 0.2) is 0 Å². The molecule has 4 rings (SSSR count). The van der Waals surface area contributed by atoms with Gasteiger partial charge in [0.25, 0.3) is 0 Å². The normalized spacial score (nSPS) is 24.4. The number of halogens is 2. The molecule has 0 aliphatic carbocycles. The Morgan fingerprint density at radius 1 is 1.28 bits per heavy atom. The summed E-state index contributed by atoms with van der Waals surface area (Å²) in [6.45, 7) is 1.89. The highest BCUT2D eigenvalue weighted by Gasteiger charge is 2.31. The van der Waals surface area contributed by atoms with E-state index in [0.29, 0.717) is 12.8 Å². The van der Waals surface area contributed by atoms with Crippen LogP contribution in [0.25, 0.3) is 10.9 Å². The van der Waals surface area contributed by atoms with E-state index in [2.05, 4.69) is 21.0 Å². The SMILES string of the molecule is Cl.Cl.Cn1nc(C2CCC(=O)NC2=O)c2ccc(N[C@H]3CCNC[C@H]3CO)cc21. The predicted octanol–water partition coefficient (Wildman–Crippen LogP) is 1.32. The zero-order chi connectivity index (χ0) is 19.0. The lowest BCUT2D eigenvalue weighted by Crippen LogP contribution is -2.45. The van der Waals surface area contributed by atoms with E-state index in [4.69, 9.17) is 0 Å². The molecule has 1 aromatic heterocycles. The number of rotatable bonds is 4. The number of fused-ring (bicyclic) bond motifs is 1. The largest absolute Gasteiger partial charge is 0.396 e. The number of nitrogens with zero attached hydrogens (tertiary/aromatic N) is 2. The molecule has 2 aliphatic rings. The molecule has 3 atom stereocenters. The van der Waals surface area contributed by atoms with Crippen molar-refractivity contribution in [3.05, 3.63) is 23.9 Å². The second-order valence-corrected chi connectivity index (χ2v) is 7.43. The molecule has 3 heterocycles. The van der Waals surface area contributed by atoms with Crippen LogP contribution in [0.15, 0.2) is 18.2 Å². The van der Waals surface area contributed by atoms with Crippen molar-refractivity contribution < 1.29 is 14.7 Å². The molecule has 2 fully saturated rings. The van der Waals surface area contributed by atoms with Gasteiger partial charge in [-0.3, -0.25) is 19.6 Å². The van der Waals surface area contributed by atoms with E-state index < -0.39 is 5.92 Å². The summed E-state index contributed by atoms with van der Waals surface area (Å²) >= 11 is 0. The molecular weight excluding hydrogens is 417 g/mol. The number of aromatic nitrogens is 2. The molecular formula is C19H27Cl2N5O3. The van der Waals surface area contributed by atoms with Crippen LogP contribution >= 0.6 is 24.8 Å². The minimum absolute atomic E-state index is 0. The average molecular weight is 444 g/mol. The Bertz CT molecular complexity index is 888. The van der Waals surface area contributed by atoms with Gasteiger partial charge in [0.2, 0.25) is 11.8 Å². The van der Waals surface area contributed by atoms with Crippen LogP contribution in [0.3, 0.4) is 0 Å². The Morgan fingerprint density at radius 3 is 2.79 bits per heavy atom.